The van der Waals surface area contributed by atoms with Crippen LogP contribution in [0.1, 0.15) is 15.9 Å². The van der Waals surface area contributed by atoms with Gasteiger partial charge in [-0.25, -0.2) is 17.5 Å². The highest BCUT2D eigenvalue weighted by molar-refractivity contribution is 7.89. The van der Waals surface area contributed by atoms with Crippen LogP contribution in [-0.2, 0) is 19.6 Å². The van der Waals surface area contributed by atoms with Crippen molar-refractivity contribution in [2.75, 3.05) is 26.0 Å². The second-order valence-corrected chi connectivity index (χ2v) is 7.78. The number of hydrogen-bond donors (Lipinski definition) is 1. The van der Waals surface area contributed by atoms with Crippen LogP contribution in [-0.4, -0.2) is 45.3 Å². The number of amides is 1. The predicted molar refractivity (Wildman–Crippen MR) is 97.4 cm³/mol. The molecule has 0 bridgehead atoms. The molecule has 2 aromatic carbocycles. The van der Waals surface area contributed by atoms with E-state index in [1.54, 1.807) is 0 Å². The number of carbonyl (C=O) groups excluding carboxylic acids is 2. The van der Waals surface area contributed by atoms with Crippen molar-refractivity contribution in [3.05, 3.63) is 59.7 Å². The molecule has 0 aliphatic carbocycles. The van der Waals surface area contributed by atoms with Crippen LogP contribution in [0.3, 0.4) is 0 Å². The zero-order valence-corrected chi connectivity index (χ0v) is 15.5. The number of sulfonamides is 1. The molecule has 0 spiro atoms. The van der Waals surface area contributed by atoms with Crippen LogP contribution in [0.5, 0.6) is 0 Å². The second-order valence-electron chi connectivity index (χ2n) is 5.63. The van der Waals surface area contributed by atoms with Gasteiger partial charge in [0.25, 0.3) is 5.91 Å². The van der Waals surface area contributed by atoms with Gasteiger partial charge >= 0.3 is 5.97 Å². The Morgan fingerprint density at radius 2 is 1.85 bits per heavy atom. The van der Waals surface area contributed by atoms with E-state index in [9.17, 15) is 18.0 Å². The van der Waals surface area contributed by atoms with Gasteiger partial charge in [0, 0.05) is 19.8 Å². The highest BCUT2D eigenvalue weighted by atomic mass is 32.2. The van der Waals surface area contributed by atoms with E-state index in [-0.39, 0.29) is 16.1 Å². The Bertz CT molecular complexity index is 1010. The summed E-state index contributed by atoms with van der Waals surface area (Å²) in [4.78, 5) is 23.9. The van der Waals surface area contributed by atoms with Gasteiger partial charge in [-0.15, -0.1) is 0 Å². The van der Waals surface area contributed by atoms with Crippen LogP contribution in [0.25, 0.3) is 0 Å². The SMILES string of the molecule is CN(C)S(=O)(=O)c1cccc(NC(=O)COC(=O)c2cccc(C#N)c2)c1. The lowest BCUT2D eigenvalue weighted by Crippen LogP contribution is -2.23. The molecule has 140 valence electrons. The molecule has 0 radical (unpaired) electrons. The van der Waals surface area contributed by atoms with E-state index in [2.05, 4.69) is 5.32 Å². The predicted octanol–water partition coefficient (Wildman–Crippen LogP) is 1.60. The molecule has 0 aromatic heterocycles. The second kappa shape index (κ2) is 8.44. The number of nitriles is 1. The number of benzene rings is 2. The standard InChI is InChI=1S/C18H17N3O5S/c1-21(2)27(24,25)16-8-4-7-15(10-16)20-17(22)12-26-18(23)14-6-3-5-13(9-14)11-19/h3-10H,12H2,1-2H3,(H,20,22). The summed E-state index contributed by atoms with van der Waals surface area (Å²) in [6, 6.07) is 13.5. The summed E-state index contributed by atoms with van der Waals surface area (Å²) in [5, 5.41) is 11.3. The lowest BCUT2D eigenvalue weighted by Gasteiger charge is -2.12. The molecule has 0 saturated carbocycles. The molecule has 2 aromatic rings. The largest absolute Gasteiger partial charge is 0.452 e. The van der Waals surface area contributed by atoms with Gasteiger partial charge in [-0.3, -0.25) is 4.79 Å². The average molecular weight is 387 g/mol. The first kappa shape index (κ1) is 20.1. The maximum atomic E-state index is 12.1. The third kappa shape index (κ3) is 5.13. The first-order chi connectivity index (χ1) is 12.7. The van der Waals surface area contributed by atoms with E-state index >= 15 is 0 Å². The number of nitrogens with one attached hydrogen (secondary N) is 1. The lowest BCUT2D eigenvalue weighted by molar-refractivity contribution is -0.119. The summed E-state index contributed by atoms with van der Waals surface area (Å²) in [6.45, 7) is -0.555. The lowest BCUT2D eigenvalue weighted by atomic mass is 10.1. The van der Waals surface area contributed by atoms with E-state index in [4.69, 9.17) is 10.00 Å². The van der Waals surface area contributed by atoms with Gasteiger partial charge < -0.3 is 10.1 Å². The number of ether oxygens (including phenoxy) is 1. The van der Waals surface area contributed by atoms with Crippen molar-refractivity contribution in [3.8, 4) is 6.07 Å². The summed E-state index contributed by atoms with van der Waals surface area (Å²) in [5.74, 6) is -1.37. The third-order valence-electron chi connectivity index (χ3n) is 3.46. The summed E-state index contributed by atoms with van der Waals surface area (Å²) >= 11 is 0. The Hall–Kier alpha value is -3.22. The minimum absolute atomic E-state index is 0.0237. The number of hydrogen-bond acceptors (Lipinski definition) is 6. The molecule has 1 amide bonds. The molecule has 0 aliphatic heterocycles. The normalized spacial score (nSPS) is 10.9. The fourth-order valence-electron chi connectivity index (χ4n) is 2.07. The van der Waals surface area contributed by atoms with Gasteiger partial charge in [0.05, 0.1) is 22.1 Å². The maximum Gasteiger partial charge on any atom is 0.338 e. The molecule has 9 heteroatoms. The summed E-state index contributed by atoms with van der Waals surface area (Å²) < 4.78 is 30.2. The average Bonchev–Trinajstić information content (AvgIpc) is 2.66. The van der Waals surface area contributed by atoms with Crippen molar-refractivity contribution in [1.29, 1.82) is 5.26 Å². The molecular weight excluding hydrogens is 370 g/mol. The number of anilines is 1. The Morgan fingerprint density at radius 3 is 2.52 bits per heavy atom. The van der Waals surface area contributed by atoms with Crippen molar-refractivity contribution in [2.24, 2.45) is 0 Å². The van der Waals surface area contributed by atoms with Crippen LogP contribution in [0.4, 0.5) is 5.69 Å². The molecule has 8 nitrogen and oxygen atoms in total. The minimum atomic E-state index is -3.63. The van der Waals surface area contributed by atoms with Crippen LogP contribution in [0.2, 0.25) is 0 Å². The Labute approximate surface area is 157 Å². The molecule has 2 rings (SSSR count). The quantitative estimate of drug-likeness (QED) is 0.753. The highest BCUT2D eigenvalue weighted by Crippen LogP contribution is 2.18. The fraction of sp³-hybridized carbons (Fsp3) is 0.167. The van der Waals surface area contributed by atoms with E-state index in [1.807, 2.05) is 6.07 Å². The molecule has 1 N–H and O–H groups in total. The van der Waals surface area contributed by atoms with Crippen LogP contribution in [0, 0.1) is 11.3 Å². The van der Waals surface area contributed by atoms with Gasteiger partial charge in [-0.1, -0.05) is 12.1 Å². The third-order valence-corrected chi connectivity index (χ3v) is 5.27. The Kier molecular flexibility index (Phi) is 6.28. The van der Waals surface area contributed by atoms with Crippen molar-refractivity contribution >= 4 is 27.6 Å². The van der Waals surface area contributed by atoms with Crippen LogP contribution >= 0.6 is 0 Å². The Morgan fingerprint density at radius 1 is 1.15 bits per heavy atom. The topological polar surface area (TPSA) is 117 Å². The van der Waals surface area contributed by atoms with E-state index < -0.39 is 28.5 Å². The van der Waals surface area contributed by atoms with Gasteiger partial charge in [-0.2, -0.15) is 5.26 Å². The number of nitrogens with zero attached hydrogens (tertiary/aromatic N) is 2. The summed E-state index contributed by atoms with van der Waals surface area (Å²) in [7, 11) is -0.825. The minimum Gasteiger partial charge on any atom is -0.452 e. The van der Waals surface area contributed by atoms with Gasteiger partial charge in [0.2, 0.25) is 10.0 Å². The molecule has 27 heavy (non-hydrogen) atoms. The first-order valence-corrected chi connectivity index (χ1v) is 9.18. The molecule has 0 atom stereocenters. The number of carbonyl (C=O) groups is 2. The monoisotopic (exact) mass is 387 g/mol. The summed E-state index contributed by atoms with van der Waals surface area (Å²) in [5.41, 5.74) is 0.708. The molecule has 0 heterocycles. The zero-order valence-electron chi connectivity index (χ0n) is 14.7. The molecule has 0 aliphatic rings. The zero-order chi connectivity index (χ0) is 20.0. The van der Waals surface area contributed by atoms with Gasteiger partial charge in [-0.05, 0) is 36.4 Å². The van der Waals surface area contributed by atoms with Gasteiger partial charge in [0.1, 0.15) is 0 Å². The van der Waals surface area contributed by atoms with E-state index in [1.165, 1.54) is 62.6 Å². The van der Waals surface area contributed by atoms with Crippen molar-refractivity contribution in [1.82, 2.24) is 4.31 Å². The number of rotatable bonds is 6. The molecule has 0 saturated heterocycles. The van der Waals surface area contributed by atoms with E-state index in [0.717, 1.165) is 4.31 Å². The molecule has 0 unspecified atom stereocenters. The fourth-order valence-corrected chi connectivity index (χ4v) is 3.02. The van der Waals surface area contributed by atoms with Crippen molar-refractivity contribution < 1.29 is 22.7 Å². The van der Waals surface area contributed by atoms with Gasteiger partial charge in [0.15, 0.2) is 6.61 Å². The maximum absolute atomic E-state index is 12.1. The smallest absolute Gasteiger partial charge is 0.338 e. The summed E-state index contributed by atoms with van der Waals surface area (Å²) in [6.07, 6.45) is 0. The van der Waals surface area contributed by atoms with E-state index in [0.29, 0.717) is 5.56 Å². The van der Waals surface area contributed by atoms with Crippen molar-refractivity contribution in [3.63, 3.8) is 0 Å². The Balaban J connectivity index is 2.00. The van der Waals surface area contributed by atoms with Crippen LogP contribution in [0.15, 0.2) is 53.4 Å². The number of esters is 1. The van der Waals surface area contributed by atoms with Crippen LogP contribution < -0.4 is 5.32 Å². The van der Waals surface area contributed by atoms with Crippen molar-refractivity contribution in [2.45, 2.75) is 4.90 Å². The highest BCUT2D eigenvalue weighted by Gasteiger charge is 2.18. The first-order valence-electron chi connectivity index (χ1n) is 7.74. The molecular formula is C18H17N3O5S. The molecule has 0 fully saturated rings.